The molecule has 1 atom stereocenters. The molecule has 0 aromatic rings. The van der Waals surface area contributed by atoms with Gasteiger partial charge in [-0.15, -0.1) is 6.58 Å². The third-order valence-electron chi connectivity index (χ3n) is 1.46. The fraction of sp³-hybridized carbons (Fsp3) is 0.667. The van der Waals surface area contributed by atoms with E-state index >= 15 is 0 Å². The highest BCUT2D eigenvalue weighted by atomic mass is 16.3. The Bertz CT molecular complexity index is 158. The lowest BCUT2D eigenvalue weighted by atomic mass is 10.3. The normalized spacial score (nSPS) is 12.2. The van der Waals surface area contributed by atoms with E-state index < -0.39 is 0 Å². The van der Waals surface area contributed by atoms with Crippen LogP contribution in [0, 0.1) is 0 Å². The number of hydrogen-bond donors (Lipinski definition) is 3. The maximum absolute atomic E-state index is 11.0. The molecule has 0 bridgehead atoms. The molecule has 0 radical (unpaired) electrons. The monoisotopic (exact) mass is 186 g/mol. The minimum absolute atomic E-state index is 0.0532. The van der Waals surface area contributed by atoms with Gasteiger partial charge in [-0.05, 0) is 13.3 Å². The molecule has 0 saturated carbocycles. The van der Waals surface area contributed by atoms with Crippen molar-refractivity contribution in [3.05, 3.63) is 12.7 Å². The Kier molecular flexibility index (Phi) is 7.24. The lowest BCUT2D eigenvalue weighted by molar-refractivity contribution is -0.120. The van der Waals surface area contributed by atoms with Gasteiger partial charge in [-0.3, -0.25) is 4.79 Å². The van der Waals surface area contributed by atoms with Crippen molar-refractivity contribution in [2.75, 3.05) is 19.6 Å². The lowest BCUT2D eigenvalue weighted by Gasteiger charge is -2.06. The van der Waals surface area contributed by atoms with Gasteiger partial charge in [0.15, 0.2) is 0 Å². The van der Waals surface area contributed by atoms with Gasteiger partial charge in [0.25, 0.3) is 0 Å². The van der Waals surface area contributed by atoms with E-state index in [9.17, 15) is 4.79 Å². The van der Waals surface area contributed by atoms with Crippen molar-refractivity contribution >= 4 is 5.91 Å². The average molecular weight is 186 g/mol. The number of carbonyl (C=O) groups is 1. The highest BCUT2D eigenvalue weighted by Gasteiger charge is 1.99. The zero-order chi connectivity index (χ0) is 10.1. The number of carbonyl (C=O) groups excluding carboxylic acids is 1. The third-order valence-corrected chi connectivity index (χ3v) is 1.46. The number of nitrogens with one attached hydrogen (secondary N) is 2. The maximum Gasteiger partial charge on any atom is 0.233 e. The van der Waals surface area contributed by atoms with Crippen molar-refractivity contribution in [3.8, 4) is 0 Å². The van der Waals surface area contributed by atoms with Crippen LogP contribution in [0.5, 0.6) is 0 Å². The molecule has 0 rings (SSSR count). The first kappa shape index (κ1) is 12.1. The molecule has 0 aromatic carbocycles. The molecule has 0 aromatic heterocycles. The third kappa shape index (κ3) is 9.04. The molecule has 3 N–H and O–H groups in total. The minimum Gasteiger partial charge on any atom is -0.393 e. The van der Waals surface area contributed by atoms with Crippen LogP contribution < -0.4 is 10.6 Å². The molecule has 0 aliphatic rings. The van der Waals surface area contributed by atoms with Crippen LogP contribution in [0.3, 0.4) is 0 Å². The van der Waals surface area contributed by atoms with Crippen molar-refractivity contribution in [2.45, 2.75) is 19.4 Å². The van der Waals surface area contributed by atoms with Crippen molar-refractivity contribution in [2.24, 2.45) is 0 Å². The molecular weight excluding hydrogens is 168 g/mol. The predicted octanol–water partition coefficient (Wildman–Crippen LogP) is -0.351. The van der Waals surface area contributed by atoms with Crippen molar-refractivity contribution < 1.29 is 9.90 Å². The van der Waals surface area contributed by atoms with Gasteiger partial charge >= 0.3 is 0 Å². The van der Waals surface area contributed by atoms with Crippen LogP contribution in [-0.2, 0) is 4.79 Å². The largest absolute Gasteiger partial charge is 0.393 e. The topological polar surface area (TPSA) is 61.4 Å². The van der Waals surface area contributed by atoms with Crippen LogP contribution in [-0.4, -0.2) is 36.8 Å². The summed E-state index contributed by atoms with van der Waals surface area (Å²) in [6.07, 6.45) is 1.93. The van der Waals surface area contributed by atoms with E-state index in [0.717, 1.165) is 0 Å². The Morgan fingerprint density at radius 2 is 2.38 bits per heavy atom. The molecule has 1 unspecified atom stereocenters. The molecular formula is C9H18N2O2. The molecule has 0 heterocycles. The van der Waals surface area contributed by atoms with Crippen LogP contribution in [0.15, 0.2) is 12.7 Å². The Balaban J connectivity index is 3.25. The average Bonchev–Trinajstić information content (AvgIpc) is 2.04. The summed E-state index contributed by atoms with van der Waals surface area (Å²) >= 11 is 0. The van der Waals surface area contributed by atoms with E-state index in [0.29, 0.717) is 26.1 Å². The molecule has 0 saturated heterocycles. The fourth-order valence-corrected chi connectivity index (χ4v) is 0.771. The molecule has 76 valence electrons. The fourth-order valence-electron chi connectivity index (χ4n) is 0.771. The van der Waals surface area contributed by atoms with Gasteiger partial charge in [0.2, 0.25) is 5.91 Å². The first-order valence-corrected chi connectivity index (χ1v) is 4.43. The summed E-state index contributed by atoms with van der Waals surface area (Å²) in [6.45, 7) is 6.66. The van der Waals surface area contributed by atoms with Crippen LogP contribution in [0.4, 0.5) is 0 Å². The Morgan fingerprint density at radius 1 is 1.69 bits per heavy atom. The summed E-state index contributed by atoms with van der Waals surface area (Å²) in [5, 5.41) is 14.5. The molecule has 1 amide bonds. The second-order valence-corrected chi connectivity index (χ2v) is 2.91. The first-order chi connectivity index (χ1) is 6.16. The van der Waals surface area contributed by atoms with Gasteiger partial charge in [-0.1, -0.05) is 6.08 Å². The summed E-state index contributed by atoms with van der Waals surface area (Å²) in [7, 11) is 0. The number of hydrogen-bond acceptors (Lipinski definition) is 3. The van der Waals surface area contributed by atoms with Gasteiger partial charge in [-0.25, -0.2) is 0 Å². The highest BCUT2D eigenvalue weighted by Crippen LogP contribution is 1.85. The highest BCUT2D eigenvalue weighted by molar-refractivity contribution is 5.77. The van der Waals surface area contributed by atoms with E-state index in [1.807, 2.05) is 0 Å². The number of aliphatic hydroxyl groups is 1. The first-order valence-electron chi connectivity index (χ1n) is 4.43. The van der Waals surface area contributed by atoms with Crippen LogP contribution in [0.25, 0.3) is 0 Å². The molecule has 0 aliphatic heterocycles. The smallest absolute Gasteiger partial charge is 0.233 e. The second kappa shape index (κ2) is 7.76. The molecule has 4 heteroatoms. The Morgan fingerprint density at radius 3 is 2.92 bits per heavy atom. The van der Waals surface area contributed by atoms with Gasteiger partial charge in [0.05, 0.1) is 12.6 Å². The predicted molar refractivity (Wildman–Crippen MR) is 52.4 cm³/mol. The summed E-state index contributed by atoms with van der Waals surface area (Å²) in [6, 6.07) is 0. The Hall–Kier alpha value is -0.870. The van der Waals surface area contributed by atoms with E-state index in [1.54, 1.807) is 13.0 Å². The summed E-state index contributed by atoms with van der Waals surface area (Å²) < 4.78 is 0. The molecule has 13 heavy (non-hydrogen) atoms. The maximum atomic E-state index is 11.0. The van der Waals surface area contributed by atoms with Crippen LogP contribution in [0.1, 0.15) is 13.3 Å². The number of amides is 1. The number of rotatable bonds is 7. The summed E-state index contributed by atoms with van der Waals surface area (Å²) in [5.41, 5.74) is 0. The van der Waals surface area contributed by atoms with E-state index in [-0.39, 0.29) is 12.0 Å². The minimum atomic E-state index is -0.360. The van der Waals surface area contributed by atoms with Crippen molar-refractivity contribution in [1.82, 2.24) is 10.6 Å². The van der Waals surface area contributed by atoms with Gasteiger partial charge in [-0.2, -0.15) is 0 Å². The summed E-state index contributed by atoms with van der Waals surface area (Å²) in [5.74, 6) is -0.0532. The van der Waals surface area contributed by atoms with Crippen molar-refractivity contribution in [3.63, 3.8) is 0 Å². The van der Waals surface area contributed by atoms with Gasteiger partial charge in [0, 0.05) is 13.1 Å². The molecule has 0 spiro atoms. The SMILES string of the molecule is C=CCNCC(=O)NCCC(C)O. The number of aliphatic hydroxyl groups excluding tert-OH is 1. The van der Waals surface area contributed by atoms with Gasteiger partial charge < -0.3 is 15.7 Å². The summed E-state index contributed by atoms with van der Waals surface area (Å²) in [4.78, 5) is 11.0. The zero-order valence-electron chi connectivity index (χ0n) is 8.05. The van der Waals surface area contributed by atoms with E-state index in [1.165, 1.54) is 0 Å². The van der Waals surface area contributed by atoms with Crippen molar-refractivity contribution in [1.29, 1.82) is 0 Å². The molecule has 0 fully saturated rings. The zero-order valence-corrected chi connectivity index (χ0v) is 8.05. The standard InChI is InChI=1S/C9H18N2O2/c1-3-5-10-7-9(13)11-6-4-8(2)12/h3,8,10,12H,1,4-7H2,2H3,(H,11,13). The van der Waals surface area contributed by atoms with E-state index in [2.05, 4.69) is 17.2 Å². The molecule has 4 nitrogen and oxygen atoms in total. The van der Waals surface area contributed by atoms with Crippen LogP contribution >= 0.6 is 0 Å². The van der Waals surface area contributed by atoms with Crippen LogP contribution in [0.2, 0.25) is 0 Å². The Labute approximate surface area is 79.0 Å². The molecule has 0 aliphatic carbocycles. The second-order valence-electron chi connectivity index (χ2n) is 2.91. The quantitative estimate of drug-likeness (QED) is 0.376. The van der Waals surface area contributed by atoms with E-state index in [4.69, 9.17) is 5.11 Å². The lowest BCUT2D eigenvalue weighted by Crippen LogP contribution is -2.35. The van der Waals surface area contributed by atoms with Gasteiger partial charge in [0.1, 0.15) is 0 Å².